The first-order valence-electron chi connectivity index (χ1n) is 9.24. The summed E-state index contributed by atoms with van der Waals surface area (Å²) in [5.41, 5.74) is 8.98. The third-order valence-electron chi connectivity index (χ3n) is 5.19. The zero-order chi connectivity index (χ0) is 19.7. The summed E-state index contributed by atoms with van der Waals surface area (Å²) in [4.78, 5) is 37.9. The number of hydrogen-bond acceptors (Lipinski definition) is 5. The molecule has 2 aliphatic rings. The maximum absolute atomic E-state index is 12.8. The molecule has 0 radical (unpaired) electrons. The van der Waals surface area contributed by atoms with Crippen LogP contribution in [0.2, 0.25) is 0 Å². The maximum Gasteiger partial charge on any atom is 0.255 e. The Hall–Kier alpha value is -3.19. The molecule has 7 nitrogen and oxygen atoms in total. The normalized spacial score (nSPS) is 18.8. The molecule has 2 aromatic rings. The molecule has 3 amide bonds. The molecule has 7 heteroatoms. The van der Waals surface area contributed by atoms with E-state index in [1.165, 1.54) is 4.90 Å². The number of nitrogens with two attached hydrogens (primary N) is 1. The number of benzene rings is 2. The Morgan fingerprint density at radius 1 is 1.07 bits per heavy atom. The van der Waals surface area contributed by atoms with E-state index in [1.54, 1.807) is 12.1 Å². The number of carbonyl (C=O) groups excluding carboxylic acids is 3. The summed E-state index contributed by atoms with van der Waals surface area (Å²) < 4.78 is 5.97. The van der Waals surface area contributed by atoms with Gasteiger partial charge in [-0.25, -0.2) is 0 Å². The molecule has 0 saturated carbocycles. The topological polar surface area (TPSA) is 102 Å². The van der Waals surface area contributed by atoms with Crippen molar-refractivity contribution in [2.45, 2.75) is 38.6 Å². The molecule has 0 aromatic heterocycles. The number of ether oxygens (including phenoxy) is 1. The van der Waals surface area contributed by atoms with Crippen LogP contribution in [0.25, 0.3) is 0 Å². The van der Waals surface area contributed by atoms with Crippen LogP contribution in [0, 0.1) is 0 Å². The molecule has 0 bridgehead atoms. The first-order chi connectivity index (χ1) is 13.6. The van der Waals surface area contributed by atoms with Crippen molar-refractivity contribution in [3.63, 3.8) is 0 Å². The van der Waals surface area contributed by atoms with Gasteiger partial charge in [0.1, 0.15) is 18.4 Å². The fourth-order valence-electron chi connectivity index (χ4n) is 3.63. The van der Waals surface area contributed by atoms with Crippen molar-refractivity contribution < 1.29 is 19.1 Å². The zero-order valence-electron chi connectivity index (χ0n) is 15.3. The highest BCUT2D eigenvalue weighted by molar-refractivity contribution is 6.05. The Kier molecular flexibility index (Phi) is 4.83. The SMILES string of the molecule is NCc1ccc(COc2cccc3c2CN([C@H]2CCC(=O)NC2=O)C3=O)cc1. The van der Waals surface area contributed by atoms with Crippen molar-refractivity contribution in [1.29, 1.82) is 0 Å². The average Bonchev–Trinajstić information content (AvgIpc) is 3.04. The minimum Gasteiger partial charge on any atom is -0.489 e. The molecule has 2 heterocycles. The fourth-order valence-corrected chi connectivity index (χ4v) is 3.63. The highest BCUT2D eigenvalue weighted by Gasteiger charge is 2.40. The number of nitrogens with one attached hydrogen (secondary N) is 1. The molecule has 0 spiro atoms. The molecule has 2 aliphatic heterocycles. The van der Waals surface area contributed by atoms with Crippen LogP contribution in [0.15, 0.2) is 42.5 Å². The van der Waals surface area contributed by atoms with Gasteiger partial charge in [-0.2, -0.15) is 0 Å². The summed E-state index contributed by atoms with van der Waals surface area (Å²) in [7, 11) is 0. The summed E-state index contributed by atoms with van der Waals surface area (Å²) in [5, 5.41) is 2.31. The first-order valence-corrected chi connectivity index (χ1v) is 9.24. The maximum atomic E-state index is 12.8. The highest BCUT2D eigenvalue weighted by atomic mass is 16.5. The lowest BCUT2D eigenvalue weighted by molar-refractivity contribution is -0.136. The lowest BCUT2D eigenvalue weighted by Gasteiger charge is -2.29. The Balaban J connectivity index is 1.50. The number of fused-ring (bicyclic) bond motifs is 1. The number of carbonyl (C=O) groups is 3. The predicted molar refractivity (Wildman–Crippen MR) is 101 cm³/mol. The smallest absolute Gasteiger partial charge is 0.255 e. The number of nitrogens with zero attached hydrogens (tertiary/aromatic N) is 1. The molecule has 144 valence electrons. The van der Waals surface area contributed by atoms with Gasteiger partial charge >= 0.3 is 0 Å². The van der Waals surface area contributed by atoms with E-state index in [0.717, 1.165) is 16.7 Å². The quantitative estimate of drug-likeness (QED) is 0.767. The highest BCUT2D eigenvalue weighted by Crippen LogP contribution is 2.33. The average molecular weight is 379 g/mol. The van der Waals surface area contributed by atoms with Crippen molar-refractivity contribution in [3.05, 3.63) is 64.7 Å². The van der Waals surface area contributed by atoms with Crippen LogP contribution in [-0.4, -0.2) is 28.7 Å². The number of imide groups is 1. The zero-order valence-corrected chi connectivity index (χ0v) is 15.3. The van der Waals surface area contributed by atoms with E-state index in [-0.39, 0.29) is 18.2 Å². The fraction of sp³-hybridized carbons (Fsp3) is 0.286. The Labute approximate surface area is 162 Å². The van der Waals surface area contributed by atoms with Gasteiger partial charge in [0.05, 0.1) is 6.54 Å². The first kappa shape index (κ1) is 18.2. The largest absolute Gasteiger partial charge is 0.489 e. The molecular weight excluding hydrogens is 358 g/mol. The van der Waals surface area contributed by atoms with Gasteiger partial charge in [-0.05, 0) is 29.7 Å². The minimum atomic E-state index is -0.630. The summed E-state index contributed by atoms with van der Waals surface area (Å²) in [5.74, 6) is -0.291. The second-order valence-electron chi connectivity index (χ2n) is 6.99. The monoisotopic (exact) mass is 379 g/mol. The van der Waals surface area contributed by atoms with Gasteiger partial charge in [0, 0.05) is 24.1 Å². The van der Waals surface area contributed by atoms with Crippen molar-refractivity contribution in [2.75, 3.05) is 0 Å². The Morgan fingerprint density at radius 2 is 1.82 bits per heavy atom. The summed E-state index contributed by atoms with van der Waals surface area (Å²) in [6, 6.07) is 12.6. The van der Waals surface area contributed by atoms with Crippen molar-refractivity contribution in [2.24, 2.45) is 5.73 Å². The summed E-state index contributed by atoms with van der Waals surface area (Å²) in [6.07, 6.45) is 0.576. The molecule has 28 heavy (non-hydrogen) atoms. The molecule has 1 saturated heterocycles. The van der Waals surface area contributed by atoms with Gasteiger partial charge < -0.3 is 15.4 Å². The van der Waals surface area contributed by atoms with Crippen LogP contribution in [0.5, 0.6) is 5.75 Å². The van der Waals surface area contributed by atoms with Gasteiger partial charge in [0.2, 0.25) is 11.8 Å². The minimum absolute atomic E-state index is 0.206. The molecule has 3 N–H and O–H groups in total. The molecule has 2 aromatic carbocycles. The van der Waals surface area contributed by atoms with Crippen molar-refractivity contribution in [1.82, 2.24) is 10.2 Å². The van der Waals surface area contributed by atoms with Crippen LogP contribution < -0.4 is 15.8 Å². The van der Waals surface area contributed by atoms with E-state index in [9.17, 15) is 14.4 Å². The van der Waals surface area contributed by atoms with Crippen LogP contribution >= 0.6 is 0 Å². The molecule has 4 rings (SSSR count). The van der Waals surface area contributed by atoms with Crippen molar-refractivity contribution >= 4 is 17.7 Å². The standard InChI is InChI=1S/C21H21N3O4/c22-10-13-4-6-14(7-5-13)12-28-18-3-1-2-15-16(18)11-24(21(15)27)17-8-9-19(25)23-20(17)26/h1-7,17H,8-12,22H2,(H,23,25,26)/t17-/m0/s1. The predicted octanol–water partition coefficient (Wildman–Crippen LogP) is 1.49. The second-order valence-corrected chi connectivity index (χ2v) is 6.99. The third-order valence-corrected chi connectivity index (χ3v) is 5.19. The van der Waals surface area contributed by atoms with Crippen LogP contribution in [0.1, 0.15) is 39.9 Å². The Morgan fingerprint density at radius 3 is 2.54 bits per heavy atom. The van der Waals surface area contributed by atoms with Gasteiger partial charge in [0.15, 0.2) is 0 Å². The third kappa shape index (κ3) is 3.36. The van der Waals surface area contributed by atoms with E-state index < -0.39 is 11.9 Å². The van der Waals surface area contributed by atoms with E-state index >= 15 is 0 Å². The molecule has 0 aliphatic carbocycles. The molecule has 1 fully saturated rings. The van der Waals surface area contributed by atoms with E-state index in [4.69, 9.17) is 10.5 Å². The molecule has 0 unspecified atom stereocenters. The summed E-state index contributed by atoms with van der Waals surface area (Å²) >= 11 is 0. The van der Waals surface area contributed by atoms with Crippen LogP contribution in [0.3, 0.4) is 0 Å². The number of hydrogen-bond donors (Lipinski definition) is 2. The lowest BCUT2D eigenvalue weighted by atomic mass is 10.0. The van der Waals surface area contributed by atoms with E-state index in [2.05, 4.69) is 5.32 Å². The van der Waals surface area contributed by atoms with Gasteiger partial charge in [0.25, 0.3) is 5.91 Å². The van der Waals surface area contributed by atoms with Crippen LogP contribution in [0.4, 0.5) is 0 Å². The summed E-state index contributed by atoms with van der Waals surface area (Å²) in [6.45, 7) is 1.16. The van der Waals surface area contributed by atoms with Crippen molar-refractivity contribution in [3.8, 4) is 5.75 Å². The van der Waals surface area contributed by atoms with Gasteiger partial charge in [-0.3, -0.25) is 19.7 Å². The Bertz CT molecular complexity index is 939. The number of piperidine rings is 1. The van der Waals surface area contributed by atoms with Crippen LogP contribution in [-0.2, 0) is 29.3 Å². The number of rotatable bonds is 5. The molecular formula is C21H21N3O4. The van der Waals surface area contributed by atoms with Gasteiger partial charge in [-0.15, -0.1) is 0 Å². The van der Waals surface area contributed by atoms with E-state index in [1.807, 2.05) is 30.3 Å². The molecule has 1 atom stereocenters. The van der Waals surface area contributed by atoms with Gasteiger partial charge in [-0.1, -0.05) is 30.3 Å². The van der Waals surface area contributed by atoms with E-state index in [0.29, 0.717) is 37.4 Å². The second kappa shape index (κ2) is 7.44. The number of amides is 3. The lowest BCUT2D eigenvalue weighted by Crippen LogP contribution is -2.52.